The molecule has 3 heteroatoms. The first-order valence-electron chi connectivity index (χ1n) is 7.23. The van der Waals surface area contributed by atoms with E-state index >= 15 is 0 Å². The minimum Gasteiger partial charge on any atom is -0.492 e. The van der Waals surface area contributed by atoms with Crippen LogP contribution in [-0.4, -0.2) is 12.5 Å². The summed E-state index contributed by atoms with van der Waals surface area (Å²) in [6, 6.07) is 13.9. The van der Waals surface area contributed by atoms with Crippen LogP contribution in [0.5, 0.6) is 5.75 Å². The molecule has 0 fully saturated rings. The molecule has 0 saturated heterocycles. The van der Waals surface area contributed by atoms with E-state index in [9.17, 15) is 4.79 Å². The molecule has 1 heterocycles. The van der Waals surface area contributed by atoms with Crippen molar-refractivity contribution < 1.29 is 9.53 Å². The molecule has 0 spiro atoms. The van der Waals surface area contributed by atoms with E-state index in [-0.39, 0.29) is 11.8 Å². The van der Waals surface area contributed by atoms with Gasteiger partial charge in [0.2, 0.25) is 5.91 Å². The van der Waals surface area contributed by atoms with E-state index in [0.717, 1.165) is 29.0 Å². The molecule has 108 valence electrons. The smallest absolute Gasteiger partial charge is 0.231 e. The van der Waals surface area contributed by atoms with Gasteiger partial charge in [-0.05, 0) is 49.1 Å². The third kappa shape index (κ3) is 2.77. The van der Waals surface area contributed by atoms with Crippen molar-refractivity contribution in [3.05, 3.63) is 59.2 Å². The number of benzene rings is 2. The summed E-state index contributed by atoms with van der Waals surface area (Å²) in [6.07, 6.45) is 0.729. The van der Waals surface area contributed by atoms with Crippen LogP contribution in [0.2, 0.25) is 0 Å². The molecule has 0 bridgehead atoms. The first-order chi connectivity index (χ1) is 10.1. The number of ether oxygens (including phenoxy) is 1. The molecular weight excluding hydrogens is 262 g/mol. The van der Waals surface area contributed by atoms with Crippen LogP contribution in [0.25, 0.3) is 0 Å². The number of hydrogen-bond donors (Lipinski definition) is 1. The topological polar surface area (TPSA) is 38.3 Å². The van der Waals surface area contributed by atoms with Gasteiger partial charge in [-0.2, -0.15) is 0 Å². The van der Waals surface area contributed by atoms with Crippen LogP contribution in [0.15, 0.2) is 42.5 Å². The predicted octanol–water partition coefficient (Wildman–Crippen LogP) is 3.49. The summed E-state index contributed by atoms with van der Waals surface area (Å²) in [7, 11) is 0. The third-order valence-corrected chi connectivity index (χ3v) is 4.11. The highest BCUT2D eigenvalue weighted by molar-refractivity contribution is 5.93. The van der Waals surface area contributed by atoms with Gasteiger partial charge < -0.3 is 10.1 Å². The van der Waals surface area contributed by atoms with Gasteiger partial charge in [-0.1, -0.05) is 30.3 Å². The quantitative estimate of drug-likeness (QED) is 0.915. The molecule has 1 N–H and O–H groups in total. The Labute approximate surface area is 124 Å². The first kappa shape index (κ1) is 13.7. The normalized spacial score (nSPS) is 16.8. The Hall–Kier alpha value is -2.29. The first-order valence-corrected chi connectivity index (χ1v) is 7.23. The van der Waals surface area contributed by atoms with E-state index in [0.29, 0.717) is 6.61 Å². The average Bonchev–Trinajstić information content (AvgIpc) is 2.51. The van der Waals surface area contributed by atoms with Crippen LogP contribution in [0.4, 0.5) is 5.69 Å². The fourth-order valence-corrected chi connectivity index (χ4v) is 2.62. The highest BCUT2D eigenvalue weighted by Gasteiger charge is 2.26. The highest BCUT2D eigenvalue weighted by Crippen LogP contribution is 2.28. The van der Waals surface area contributed by atoms with Crippen molar-refractivity contribution in [2.75, 3.05) is 11.9 Å². The van der Waals surface area contributed by atoms with Crippen molar-refractivity contribution in [1.82, 2.24) is 0 Å². The van der Waals surface area contributed by atoms with Crippen LogP contribution in [-0.2, 0) is 11.2 Å². The second kappa shape index (κ2) is 5.60. The third-order valence-electron chi connectivity index (χ3n) is 4.11. The van der Waals surface area contributed by atoms with Crippen molar-refractivity contribution in [3.8, 4) is 5.75 Å². The Balaban J connectivity index is 1.74. The fourth-order valence-electron chi connectivity index (χ4n) is 2.62. The van der Waals surface area contributed by atoms with Crippen molar-refractivity contribution in [2.24, 2.45) is 5.92 Å². The van der Waals surface area contributed by atoms with Gasteiger partial charge >= 0.3 is 0 Å². The molecule has 0 radical (unpaired) electrons. The van der Waals surface area contributed by atoms with E-state index < -0.39 is 0 Å². The van der Waals surface area contributed by atoms with Crippen LogP contribution in [0, 0.1) is 19.8 Å². The molecule has 0 aromatic heterocycles. The minimum atomic E-state index is -0.139. The number of anilines is 1. The van der Waals surface area contributed by atoms with Crippen molar-refractivity contribution in [3.63, 3.8) is 0 Å². The lowest BCUT2D eigenvalue weighted by atomic mass is 9.95. The molecule has 1 aliphatic heterocycles. The molecule has 0 saturated carbocycles. The number of hydrogen-bond acceptors (Lipinski definition) is 2. The number of carbonyl (C=O) groups is 1. The van der Waals surface area contributed by atoms with E-state index in [1.807, 2.05) is 56.3 Å². The van der Waals surface area contributed by atoms with Crippen LogP contribution < -0.4 is 10.1 Å². The van der Waals surface area contributed by atoms with E-state index in [1.54, 1.807) is 0 Å². The minimum absolute atomic E-state index is 0.0261. The maximum atomic E-state index is 12.4. The molecule has 1 aliphatic rings. The summed E-state index contributed by atoms with van der Waals surface area (Å²) in [5.41, 5.74) is 4.28. The lowest BCUT2D eigenvalue weighted by molar-refractivity contribution is -0.121. The van der Waals surface area contributed by atoms with Crippen molar-refractivity contribution in [2.45, 2.75) is 20.3 Å². The van der Waals surface area contributed by atoms with Crippen LogP contribution >= 0.6 is 0 Å². The summed E-state index contributed by atoms with van der Waals surface area (Å²) >= 11 is 0. The standard InChI is InChI=1S/C18H19NO2/c1-12-6-5-8-16(13(12)2)19-18(20)15-10-14-7-3-4-9-17(14)21-11-15/h3-9,15H,10-11H2,1-2H3,(H,19,20)/t15-/m0/s1. The number of aryl methyl sites for hydroxylation is 1. The number of fused-ring (bicyclic) bond motifs is 1. The summed E-state index contributed by atoms with van der Waals surface area (Å²) in [4.78, 5) is 12.4. The summed E-state index contributed by atoms with van der Waals surface area (Å²) in [5, 5.41) is 3.03. The Bertz CT molecular complexity index is 679. The molecule has 21 heavy (non-hydrogen) atoms. The Morgan fingerprint density at radius 3 is 2.81 bits per heavy atom. The number of para-hydroxylation sites is 1. The summed E-state index contributed by atoms with van der Waals surface area (Å²) < 4.78 is 5.69. The zero-order chi connectivity index (χ0) is 14.8. The van der Waals surface area contributed by atoms with Gasteiger partial charge in [0.05, 0.1) is 5.92 Å². The summed E-state index contributed by atoms with van der Waals surface area (Å²) in [6.45, 7) is 4.51. The molecule has 0 unspecified atom stereocenters. The second-order valence-corrected chi connectivity index (χ2v) is 5.56. The molecule has 1 atom stereocenters. The monoisotopic (exact) mass is 281 g/mol. The number of rotatable bonds is 2. The maximum absolute atomic E-state index is 12.4. The zero-order valence-electron chi connectivity index (χ0n) is 12.3. The number of nitrogens with one attached hydrogen (secondary N) is 1. The van der Waals surface area contributed by atoms with Crippen molar-refractivity contribution in [1.29, 1.82) is 0 Å². The highest BCUT2D eigenvalue weighted by atomic mass is 16.5. The van der Waals surface area contributed by atoms with E-state index in [4.69, 9.17) is 4.74 Å². The van der Waals surface area contributed by atoms with Gasteiger partial charge in [-0.3, -0.25) is 4.79 Å². The van der Waals surface area contributed by atoms with Gasteiger partial charge in [0.25, 0.3) is 0 Å². The lowest BCUT2D eigenvalue weighted by Crippen LogP contribution is -2.32. The van der Waals surface area contributed by atoms with Gasteiger partial charge in [0.15, 0.2) is 0 Å². The Morgan fingerprint density at radius 2 is 1.95 bits per heavy atom. The fraction of sp³-hybridized carbons (Fsp3) is 0.278. The summed E-state index contributed by atoms with van der Waals surface area (Å²) in [5.74, 6) is 0.784. The molecule has 3 rings (SSSR count). The van der Waals surface area contributed by atoms with Gasteiger partial charge in [-0.25, -0.2) is 0 Å². The molecule has 2 aromatic rings. The number of amides is 1. The zero-order valence-corrected chi connectivity index (χ0v) is 12.3. The van der Waals surface area contributed by atoms with E-state index in [2.05, 4.69) is 5.32 Å². The predicted molar refractivity (Wildman–Crippen MR) is 83.7 cm³/mol. The second-order valence-electron chi connectivity index (χ2n) is 5.56. The van der Waals surface area contributed by atoms with Crippen LogP contribution in [0.3, 0.4) is 0 Å². The number of carbonyl (C=O) groups excluding carboxylic acids is 1. The average molecular weight is 281 g/mol. The molecule has 2 aromatic carbocycles. The molecule has 3 nitrogen and oxygen atoms in total. The molecular formula is C18H19NO2. The SMILES string of the molecule is Cc1cccc(NC(=O)[C@@H]2COc3ccccc3C2)c1C. The van der Waals surface area contributed by atoms with Gasteiger partial charge in [0, 0.05) is 5.69 Å². The lowest BCUT2D eigenvalue weighted by Gasteiger charge is -2.24. The van der Waals surface area contributed by atoms with Crippen LogP contribution in [0.1, 0.15) is 16.7 Å². The molecule has 1 amide bonds. The van der Waals surface area contributed by atoms with Crippen molar-refractivity contribution >= 4 is 11.6 Å². The maximum Gasteiger partial charge on any atom is 0.231 e. The Morgan fingerprint density at radius 1 is 1.14 bits per heavy atom. The largest absolute Gasteiger partial charge is 0.492 e. The Kier molecular flexibility index (Phi) is 3.65. The van der Waals surface area contributed by atoms with Gasteiger partial charge in [-0.15, -0.1) is 0 Å². The molecule has 0 aliphatic carbocycles. The van der Waals surface area contributed by atoms with E-state index in [1.165, 1.54) is 5.56 Å². The van der Waals surface area contributed by atoms with Gasteiger partial charge in [0.1, 0.15) is 12.4 Å².